The van der Waals surface area contributed by atoms with Crippen LogP contribution in [0.25, 0.3) is 0 Å². The SMILES string of the molecule is COc1ccc(Cl)c(F)c1C(C)(C)C#N. The van der Waals surface area contributed by atoms with Crippen LogP contribution in [0.4, 0.5) is 4.39 Å². The second-order valence-corrected chi connectivity index (χ2v) is 4.08. The highest BCUT2D eigenvalue weighted by atomic mass is 35.5. The van der Waals surface area contributed by atoms with E-state index in [0.717, 1.165) is 0 Å². The summed E-state index contributed by atoms with van der Waals surface area (Å²) >= 11 is 5.67. The molecule has 0 aliphatic carbocycles. The minimum atomic E-state index is -0.972. The Balaban J connectivity index is 3.51. The van der Waals surface area contributed by atoms with Crippen molar-refractivity contribution in [1.82, 2.24) is 0 Å². The highest BCUT2D eigenvalue weighted by Gasteiger charge is 2.29. The summed E-state index contributed by atoms with van der Waals surface area (Å²) in [6.45, 7) is 3.23. The molecule has 1 aromatic rings. The summed E-state index contributed by atoms with van der Waals surface area (Å²) in [6.07, 6.45) is 0. The van der Waals surface area contributed by atoms with Gasteiger partial charge in [0.15, 0.2) is 0 Å². The van der Waals surface area contributed by atoms with Gasteiger partial charge >= 0.3 is 0 Å². The molecule has 1 rings (SSSR count). The average molecular weight is 228 g/mol. The number of benzene rings is 1. The van der Waals surface area contributed by atoms with Gasteiger partial charge in [0.1, 0.15) is 11.6 Å². The van der Waals surface area contributed by atoms with Gasteiger partial charge in [-0.15, -0.1) is 0 Å². The lowest BCUT2D eigenvalue weighted by Crippen LogP contribution is -2.17. The van der Waals surface area contributed by atoms with Crippen molar-refractivity contribution < 1.29 is 9.13 Å². The smallest absolute Gasteiger partial charge is 0.150 e. The van der Waals surface area contributed by atoms with Gasteiger partial charge in [0, 0.05) is 0 Å². The van der Waals surface area contributed by atoms with E-state index in [1.165, 1.54) is 13.2 Å². The van der Waals surface area contributed by atoms with Gasteiger partial charge in [-0.05, 0) is 26.0 Å². The van der Waals surface area contributed by atoms with Crippen molar-refractivity contribution in [3.63, 3.8) is 0 Å². The molecular weight excluding hydrogens is 217 g/mol. The molecule has 0 bridgehead atoms. The molecule has 0 N–H and O–H groups in total. The van der Waals surface area contributed by atoms with Gasteiger partial charge in [-0.2, -0.15) is 5.26 Å². The predicted octanol–water partition coefficient (Wildman–Crippen LogP) is 3.29. The number of methoxy groups -OCH3 is 1. The first-order valence-corrected chi connectivity index (χ1v) is 4.75. The molecule has 0 aromatic heterocycles. The molecule has 0 aliphatic heterocycles. The summed E-state index contributed by atoms with van der Waals surface area (Å²) < 4.78 is 18.8. The van der Waals surface area contributed by atoms with Crippen LogP contribution in [-0.2, 0) is 5.41 Å². The molecule has 0 heterocycles. The van der Waals surface area contributed by atoms with Crippen LogP contribution >= 0.6 is 11.6 Å². The Bertz CT molecular complexity index is 423. The van der Waals surface area contributed by atoms with Crippen molar-refractivity contribution in [2.45, 2.75) is 19.3 Å². The van der Waals surface area contributed by atoms with Crippen LogP contribution in [0.3, 0.4) is 0 Å². The molecule has 0 unspecified atom stereocenters. The molecule has 0 saturated heterocycles. The quantitative estimate of drug-likeness (QED) is 0.777. The van der Waals surface area contributed by atoms with Gasteiger partial charge in [0.05, 0.1) is 29.2 Å². The third-order valence-electron chi connectivity index (χ3n) is 2.18. The Morgan fingerprint density at radius 3 is 2.53 bits per heavy atom. The standard InChI is InChI=1S/C11H11ClFNO/c1-11(2,6-14)9-8(15-3)5-4-7(12)10(9)13/h4-5H,1-3H3. The molecule has 15 heavy (non-hydrogen) atoms. The van der Waals surface area contributed by atoms with Crippen molar-refractivity contribution in [1.29, 1.82) is 5.26 Å². The number of hydrogen-bond acceptors (Lipinski definition) is 2. The summed E-state index contributed by atoms with van der Waals surface area (Å²) in [5.74, 6) is -0.258. The van der Waals surface area contributed by atoms with Crippen LogP contribution in [0.15, 0.2) is 12.1 Å². The summed E-state index contributed by atoms with van der Waals surface area (Å²) in [7, 11) is 1.43. The van der Waals surface area contributed by atoms with Gasteiger partial charge in [0.25, 0.3) is 0 Å². The molecule has 0 amide bonds. The largest absolute Gasteiger partial charge is 0.496 e. The van der Waals surface area contributed by atoms with Gasteiger partial charge in [-0.25, -0.2) is 4.39 Å². The second-order valence-electron chi connectivity index (χ2n) is 3.68. The van der Waals surface area contributed by atoms with Crippen molar-refractivity contribution in [3.05, 3.63) is 28.5 Å². The normalized spacial score (nSPS) is 10.9. The Morgan fingerprint density at radius 1 is 1.47 bits per heavy atom. The van der Waals surface area contributed by atoms with Crippen LogP contribution in [0.2, 0.25) is 5.02 Å². The molecule has 0 saturated carbocycles. The topological polar surface area (TPSA) is 33.0 Å². The fourth-order valence-corrected chi connectivity index (χ4v) is 1.50. The Morgan fingerprint density at radius 2 is 2.07 bits per heavy atom. The number of hydrogen-bond donors (Lipinski definition) is 0. The molecule has 0 spiro atoms. The molecular formula is C11H11ClFNO. The van der Waals surface area contributed by atoms with Crippen LogP contribution in [0.1, 0.15) is 19.4 Å². The van der Waals surface area contributed by atoms with E-state index in [2.05, 4.69) is 0 Å². The first-order valence-electron chi connectivity index (χ1n) is 4.37. The maximum Gasteiger partial charge on any atom is 0.150 e. The number of nitrogens with zero attached hydrogens (tertiary/aromatic N) is 1. The monoisotopic (exact) mass is 227 g/mol. The van der Waals surface area contributed by atoms with E-state index in [9.17, 15) is 4.39 Å². The molecule has 4 heteroatoms. The molecule has 0 radical (unpaired) electrons. The van der Waals surface area contributed by atoms with Crippen LogP contribution in [-0.4, -0.2) is 7.11 Å². The maximum atomic E-state index is 13.8. The Kier molecular flexibility index (Phi) is 3.21. The number of ether oxygens (including phenoxy) is 1. The van der Waals surface area contributed by atoms with Crippen LogP contribution in [0.5, 0.6) is 5.75 Å². The summed E-state index contributed by atoms with van der Waals surface area (Å²) in [6, 6.07) is 4.99. The zero-order valence-electron chi connectivity index (χ0n) is 8.77. The third-order valence-corrected chi connectivity index (χ3v) is 2.47. The van der Waals surface area contributed by atoms with E-state index in [1.54, 1.807) is 19.9 Å². The minimum absolute atomic E-state index is 0.00544. The maximum absolute atomic E-state index is 13.8. The van der Waals surface area contributed by atoms with Crippen molar-refractivity contribution in [2.24, 2.45) is 0 Å². The molecule has 0 aliphatic rings. The Hall–Kier alpha value is -1.27. The van der Waals surface area contributed by atoms with Crippen LogP contribution in [0, 0.1) is 17.1 Å². The number of rotatable bonds is 2. The summed E-state index contributed by atoms with van der Waals surface area (Å²) in [5, 5.41) is 8.96. The highest BCUT2D eigenvalue weighted by molar-refractivity contribution is 6.30. The summed E-state index contributed by atoms with van der Waals surface area (Å²) in [4.78, 5) is 0. The second kappa shape index (κ2) is 4.08. The third kappa shape index (κ3) is 2.05. The average Bonchev–Trinajstić information content (AvgIpc) is 2.21. The molecule has 2 nitrogen and oxygen atoms in total. The Labute approximate surface area is 93.2 Å². The van der Waals surface area contributed by atoms with Gasteiger partial charge in [-0.3, -0.25) is 0 Å². The fraction of sp³-hybridized carbons (Fsp3) is 0.364. The van der Waals surface area contributed by atoms with E-state index in [-0.39, 0.29) is 10.6 Å². The lowest BCUT2D eigenvalue weighted by molar-refractivity contribution is 0.395. The first kappa shape index (κ1) is 11.8. The van der Waals surface area contributed by atoms with Crippen LogP contribution < -0.4 is 4.74 Å². The number of halogens is 2. The van der Waals surface area contributed by atoms with E-state index in [4.69, 9.17) is 21.6 Å². The number of nitriles is 1. The zero-order valence-corrected chi connectivity index (χ0v) is 9.52. The lowest BCUT2D eigenvalue weighted by Gasteiger charge is -2.20. The van der Waals surface area contributed by atoms with Crippen molar-refractivity contribution >= 4 is 11.6 Å². The van der Waals surface area contributed by atoms with E-state index >= 15 is 0 Å². The van der Waals surface area contributed by atoms with E-state index < -0.39 is 11.2 Å². The van der Waals surface area contributed by atoms with Crippen molar-refractivity contribution in [2.75, 3.05) is 7.11 Å². The molecule has 80 valence electrons. The van der Waals surface area contributed by atoms with Gasteiger partial charge < -0.3 is 4.74 Å². The first-order chi connectivity index (χ1) is 6.94. The predicted molar refractivity (Wildman–Crippen MR) is 56.6 cm³/mol. The minimum Gasteiger partial charge on any atom is -0.496 e. The molecule has 0 atom stereocenters. The molecule has 1 aromatic carbocycles. The van der Waals surface area contributed by atoms with E-state index in [1.807, 2.05) is 6.07 Å². The van der Waals surface area contributed by atoms with E-state index in [0.29, 0.717) is 5.75 Å². The summed E-state index contributed by atoms with van der Waals surface area (Å²) in [5.41, 5.74) is -0.777. The van der Waals surface area contributed by atoms with Gasteiger partial charge in [-0.1, -0.05) is 11.6 Å². The fourth-order valence-electron chi connectivity index (χ4n) is 1.34. The highest BCUT2D eigenvalue weighted by Crippen LogP contribution is 2.36. The zero-order chi connectivity index (χ0) is 11.6. The van der Waals surface area contributed by atoms with Gasteiger partial charge in [0.2, 0.25) is 0 Å². The lowest BCUT2D eigenvalue weighted by atomic mass is 9.85. The van der Waals surface area contributed by atoms with Crippen molar-refractivity contribution in [3.8, 4) is 11.8 Å². The molecule has 0 fully saturated rings.